The second-order valence-electron chi connectivity index (χ2n) is 4.37. The summed E-state index contributed by atoms with van der Waals surface area (Å²) in [5, 5.41) is 7.40. The summed E-state index contributed by atoms with van der Waals surface area (Å²) in [6.45, 7) is 2.06. The van der Waals surface area contributed by atoms with Crippen LogP contribution in [0.1, 0.15) is 18.7 Å². The van der Waals surface area contributed by atoms with Crippen molar-refractivity contribution in [2.75, 3.05) is 5.32 Å². The van der Waals surface area contributed by atoms with Crippen LogP contribution >= 0.6 is 0 Å². The van der Waals surface area contributed by atoms with E-state index in [1.807, 2.05) is 30.3 Å². The highest BCUT2D eigenvalue weighted by Crippen LogP contribution is 2.17. The van der Waals surface area contributed by atoms with Crippen molar-refractivity contribution in [1.29, 1.82) is 0 Å². The van der Waals surface area contributed by atoms with Gasteiger partial charge >= 0.3 is 0 Å². The van der Waals surface area contributed by atoms with E-state index in [9.17, 15) is 0 Å². The summed E-state index contributed by atoms with van der Waals surface area (Å²) in [4.78, 5) is 12.6. The maximum Gasteiger partial charge on any atom is 0.155 e. The molecule has 0 bridgehead atoms. The lowest BCUT2D eigenvalue weighted by Gasteiger charge is -2.14. The first-order chi connectivity index (χ1) is 9.83. The smallest absolute Gasteiger partial charge is 0.155 e. The molecule has 6 heteroatoms. The van der Waals surface area contributed by atoms with E-state index in [2.05, 4.69) is 32.3 Å². The first-order valence-electron chi connectivity index (χ1n) is 6.31. The van der Waals surface area contributed by atoms with Crippen LogP contribution in [0.15, 0.2) is 55.4 Å². The molecule has 0 radical (unpaired) electrons. The Labute approximate surface area is 116 Å². The van der Waals surface area contributed by atoms with Crippen molar-refractivity contribution in [3.05, 3.63) is 61.1 Å². The molecule has 100 valence electrons. The number of rotatable bonds is 4. The molecule has 1 unspecified atom stereocenters. The molecule has 3 rings (SSSR count). The molecule has 0 saturated carbocycles. The summed E-state index contributed by atoms with van der Waals surface area (Å²) in [5.74, 6) is 0.735. The zero-order valence-corrected chi connectivity index (χ0v) is 11.0. The zero-order valence-electron chi connectivity index (χ0n) is 11.0. The highest BCUT2D eigenvalue weighted by molar-refractivity contribution is 5.44. The molecular weight excluding hydrogens is 252 g/mol. The van der Waals surface area contributed by atoms with E-state index in [-0.39, 0.29) is 6.04 Å². The van der Waals surface area contributed by atoms with Gasteiger partial charge in [0.1, 0.15) is 12.7 Å². The standard InChI is InChI=1S/C14H14N6/c1-11(13-4-2-3-7-16-13)19-12-5-6-14(17-8-12)20-10-15-9-18-20/h2-11,19H,1H3. The number of aromatic nitrogens is 5. The van der Waals surface area contributed by atoms with Crippen LogP contribution in [0.3, 0.4) is 0 Å². The summed E-state index contributed by atoms with van der Waals surface area (Å²) in [7, 11) is 0. The van der Waals surface area contributed by atoms with Crippen molar-refractivity contribution >= 4 is 5.69 Å². The molecule has 1 N–H and O–H groups in total. The minimum atomic E-state index is 0.121. The number of hydrogen-bond donors (Lipinski definition) is 1. The number of nitrogens with one attached hydrogen (secondary N) is 1. The Bertz CT molecular complexity index is 648. The maximum atomic E-state index is 4.35. The van der Waals surface area contributed by atoms with Crippen LogP contribution in [0.5, 0.6) is 0 Å². The maximum absolute atomic E-state index is 4.35. The van der Waals surface area contributed by atoms with E-state index in [1.165, 1.54) is 6.33 Å². The third-order valence-corrected chi connectivity index (χ3v) is 2.92. The summed E-state index contributed by atoms with van der Waals surface area (Å²) < 4.78 is 1.62. The van der Waals surface area contributed by atoms with Gasteiger partial charge < -0.3 is 5.32 Å². The third-order valence-electron chi connectivity index (χ3n) is 2.92. The molecule has 0 fully saturated rings. The van der Waals surface area contributed by atoms with Crippen LogP contribution < -0.4 is 5.32 Å². The lowest BCUT2D eigenvalue weighted by molar-refractivity contribution is 0.829. The van der Waals surface area contributed by atoms with E-state index in [1.54, 1.807) is 23.4 Å². The van der Waals surface area contributed by atoms with Crippen molar-refractivity contribution < 1.29 is 0 Å². The quantitative estimate of drug-likeness (QED) is 0.784. The van der Waals surface area contributed by atoms with Gasteiger partial charge in [0.25, 0.3) is 0 Å². The number of anilines is 1. The SMILES string of the molecule is CC(Nc1ccc(-n2cncn2)nc1)c1ccccn1. The summed E-state index contributed by atoms with van der Waals surface area (Å²) >= 11 is 0. The van der Waals surface area contributed by atoms with Crippen molar-refractivity contribution in [1.82, 2.24) is 24.7 Å². The van der Waals surface area contributed by atoms with Crippen LogP contribution in [-0.2, 0) is 0 Å². The van der Waals surface area contributed by atoms with Crippen molar-refractivity contribution in [2.45, 2.75) is 13.0 Å². The summed E-state index contributed by atoms with van der Waals surface area (Å²) in [6.07, 6.45) is 6.67. The average molecular weight is 266 g/mol. The molecular formula is C14H14N6. The molecule has 0 aliphatic heterocycles. The van der Waals surface area contributed by atoms with Crippen LogP contribution in [0, 0.1) is 0 Å². The van der Waals surface area contributed by atoms with Crippen molar-refractivity contribution in [3.8, 4) is 5.82 Å². The molecule has 20 heavy (non-hydrogen) atoms. The van der Waals surface area contributed by atoms with Crippen LogP contribution in [0.2, 0.25) is 0 Å². The molecule has 0 spiro atoms. The fourth-order valence-electron chi connectivity index (χ4n) is 1.89. The molecule has 3 aromatic rings. The van der Waals surface area contributed by atoms with Gasteiger partial charge in [0.2, 0.25) is 0 Å². The molecule has 6 nitrogen and oxygen atoms in total. The fraction of sp³-hybridized carbons (Fsp3) is 0.143. The van der Waals surface area contributed by atoms with Gasteiger partial charge in [0.15, 0.2) is 5.82 Å². The highest BCUT2D eigenvalue weighted by Gasteiger charge is 2.06. The molecule has 0 saturated heterocycles. The first kappa shape index (κ1) is 12.3. The largest absolute Gasteiger partial charge is 0.376 e. The molecule has 0 aromatic carbocycles. The molecule has 0 aliphatic carbocycles. The topological polar surface area (TPSA) is 68.5 Å². The number of nitrogens with zero attached hydrogens (tertiary/aromatic N) is 5. The van der Waals surface area contributed by atoms with E-state index in [0.717, 1.165) is 17.2 Å². The van der Waals surface area contributed by atoms with Gasteiger partial charge in [-0.2, -0.15) is 5.10 Å². The summed E-state index contributed by atoms with van der Waals surface area (Å²) in [5.41, 5.74) is 1.93. The number of pyridine rings is 2. The Kier molecular flexibility index (Phi) is 3.36. The Morgan fingerprint density at radius 3 is 2.75 bits per heavy atom. The van der Waals surface area contributed by atoms with Gasteiger partial charge in [0.05, 0.1) is 23.6 Å². The van der Waals surface area contributed by atoms with Gasteiger partial charge in [0, 0.05) is 6.20 Å². The minimum absolute atomic E-state index is 0.121. The number of hydrogen-bond acceptors (Lipinski definition) is 5. The normalized spacial score (nSPS) is 12.1. The highest BCUT2D eigenvalue weighted by atomic mass is 15.3. The van der Waals surface area contributed by atoms with Gasteiger partial charge in [-0.3, -0.25) is 4.98 Å². The first-order valence-corrected chi connectivity index (χ1v) is 6.31. The van der Waals surface area contributed by atoms with Gasteiger partial charge in [-0.05, 0) is 31.2 Å². The van der Waals surface area contributed by atoms with Crippen molar-refractivity contribution in [3.63, 3.8) is 0 Å². The third kappa shape index (κ3) is 2.64. The zero-order chi connectivity index (χ0) is 13.8. The Balaban J connectivity index is 1.72. The van der Waals surface area contributed by atoms with E-state index in [4.69, 9.17) is 0 Å². The Morgan fingerprint density at radius 2 is 2.10 bits per heavy atom. The minimum Gasteiger partial charge on any atom is -0.376 e. The van der Waals surface area contributed by atoms with Gasteiger partial charge in [-0.1, -0.05) is 6.07 Å². The predicted molar refractivity (Wildman–Crippen MR) is 75.4 cm³/mol. The van der Waals surface area contributed by atoms with Gasteiger partial charge in [-0.25, -0.2) is 14.6 Å². The predicted octanol–water partition coefficient (Wildman–Crippen LogP) is 2.23. The summed E-state index contributed by atoms with van der Waals surface area (Å²) in [6, 6.07) is 9.85. The van der Waals surface area contributed by atoms with Crippen molar-refractivity contribution in [2.24, 2.45) is 0 Å². The van der Waals surface area contributed by atoms with Crippen LogP contribution in [0.25, 0.3) is 5.82 Å². The molecule has 3 heterocycles. The molecule has 0 aliphatic rings. The van der Waals surface area contributed by atoms with E-state index >= 15 is 0 Å². The molecule has 0 amide bonds. The lowest BCUT2D eigenvalue weighted by atomic mass is 10.2. The van der Waals surface area contributed by atoms with E-state index < -0.39 is 0 Å². The second-order valence-corrected chi connectivity index (χ2v) is 4.37. The van der Waals surface area contributed by atoms with Crippen LogP contribution in [-0.4, -0.2) is 24.7 Å². The molecule has 1 atom stereocenters. The lowest BCUT2D eigenvalue weighted by Crippen LogP contribution is -2.08. The Morgan fingerprint density at radius 1 is 1.15 bits per heavy atom. The van der Waals surface area contributed by atoms with E-state index in [0.29, 0.717) is 0 Å². The monoisotopic (exact) mass is 266 g/mol. The average Bonchev–Trinajstić information content (AvgIpc) is 3.03. The Hall–Kier alpha value is -2.76. The van der Waals surface area contributed by atoms with Gasteiger partial charge in [-0.15, -0.1) is 0 Å². The second kappa shape index (κ2) is 5.48. The van der Waals surface area contributed by atoms with Crippen LogP contribution in [0.4, 0.5) is 5.69 Å². The fourth-order valence-corrected chi connectivity index (χ4v) is 1.89. The molecule has 3 aromatic heterocycles.